The van der Waals surface area contributed by atoms with Crippen molar-refractivity contribution >= 4 is 12.1 Å². The highest BCUT2D eigenvalue weighted by atomic mass is 16.5. The summed E-state index contributed by atoms with van der Waals surface area (Å²) in [4.78, 5) is 23.4. The Balaban J connectivity index is 2.27. The molecule has 0 atom stereocenters. The Bertz CT molecular complexity index is 272. The highest BCUT2D eigenvalue weighted by Crippen LogP contribution is 2.31. The molecule has 0 saturated heterocycles. The molecule has 5 nitrogen and oxygen atoms in total. The Morgan fingerprint density at radius 1 is 1.24 bits per heavy atom. The Morgan fingerprint density at radius 3 is 2.24 bits per heavy atom. The molecule has 1 aliphatic rings. The second kappa shape index (κ2) is 6.47. The molecule has 0 aromatic rings. The Hall–Kier alpha value is -1.26. The fraction of sp³-hybridized carbons (Fsp3) is 0.833. The monoisotopic (exact) mass is 243 g/mol. The van der Waals surface area contributed by atoms with Gasteiger partial charge in [-0.15, -0.1) is 0 Å². The van der Waals surface area contributed by atoms with Gasteiger partial charge in [-0.25, -0.2) is 4.79 Å². The molecule has 0 aromatic heterocycles. The number of nitrogens with zero attached hydrogens (tertiary/aromatic N) is 1. The SMILES string of the molecule is COC(=O)N(C)C[C@H]1CC[C@H](CC(=O)O)CC1. The van der Waals surface area contributed by atoms with Crippen molar-refractivity contribution < 1.29 is 19.4 Å². The van der Waals surface area contributed by atoms with Crippen molar-refractivity contribution in [3.8, 4) is 0 Å². The molecule has 98 valence electrons. The third-order valence-corrected chi connectivity index (χ3v) is 3.45. The number of carboxylic acids is 1. The number of hydrogen-bond donors (Lipinski definition) is 1. The first kappa shape index (κ1) is 13.8. The van der Waals surface area contributed by atoms with Gasteiger partial charge in [-0.05, 0) is 37.5 Å². The van der Waals surface area contributed by atoms with Crippen LogP contribution in [0.25, 0.3) is 0 Å². The standard InChI is InChI=1S/C12H21NO4/c1-13(12(16)17-2)8-10-5-3-9(4-6-10)7-11(14)15/h9-10H,3-8H2,1-2H3,(H,14,15)/t9-,10-. The molecule has 1 N–H and O–H groups in total. The first-order chi connectivity index (χ1) is 8.02. The number of amides is 1. The molecule has 0 unspecified atom stereocenters. The Labute approximate surface area is 102 Å². The molecule has 1 fully saturated rings. The van der Waals surface area contributed by atoms with Crippen LogP contribution in [0, 0.1) is 11.8 Å². The molecule has 1 amide bonds. The number of carbonyl (C=O) groups is 2. The number of hydrogen-bond acceptors (Lipinski definition) is 3. The van der Waals surface area contributed by atoms with Crippen molar-refractivity contribution in [1.82, 2.24) is 4.90 Å². The summed E-state index contributed by atoms with van der Waals surface area (Å²) in [6, 6.07) is 0. The summed E-state index contributed by atoms with van der Waals surface area (Å²) in [5, 5.41) is 8.71. The minimum absolute atomic E-state index is 0.277. The number of methoxy groups -OCH3 is 1. The molecule has 1 aliphatic carbocycles. The van der Waals surface area contributed by atoms with Gasteiger partial charge in [0, 0.05) is 20.0 Å². The average molecular weight is 243 g/mol. The van der Waals surface area contributed by atoms with E-state index in [-0.39, 0.29) is 12.5 Å². The fourth-order valence-corrected chi connectivity index (χ4v) is 2.48. The zero-order valence-electron chi connectivity index (χ0n) is 10.5. The van der Waals surface area contributed by atoms with Crippen LogP contribution in [0.4, 0.5) is 4.79 Å². The van der Waals surface area contributed by atoms with Crippen LogP contribution in [0.1, 0.15) is 32.1 Å². The maximum atomic E-state index is 11.2. The van der Waals surface area contributed by atoms with Gasteiger partial charge < -0.3 is 14.7 Å². The summed E-state index contributed by atoms with van der Waals surface area (Å²) in [5.74, 6) is 0.0801. The van der Waals surface area contributed by atoms with Gasteiger partial charge in [0.15, 0.2) is 0 Å². The second-order valence-electron chi connectivity index (χ2n) is 4.84. The number of rotatable bonds is 4. The molecule has 5 heteroatoms. The van der Waals surface area contributed by atoms with Crippen molar-refractivity contribution in [3.05, 3.63) is 0 Å². The lowest BCUT2D eigenvalue weighted by molar-refractivity contribution is -0.138. The van der Waals surface area contributed by atoms with Gasteiger partial charge in [0.25, 0.3) is 0 Å². The predicted octanol–water partition coefficient (Wildman–Crippen LogP) is 1.97. The summed E-state index contributed by atoms with van der Waals surface area (Å²) < 4.78 is 4.64. The van der Waals surface area contributed by atoms with E-state index in [0.717, 1.165) is 25.7 Å². The minimum atomic E-state index is -0.708. The molecule has 1 rings (SSSR count). The van der Waals surface area contributed by atoms with Crippen molar-refractivity contribution in [1.29, 1.82) is 0 Å². The summed E-state index contributed by atoms with van der Waals surface area (Å²) in [6.07, 6.45) is 3.87. The maximum absolute atomic E-state index is 11.2. The van der Waals surface area contributed by atoms with Gasteiger partial charge in [-0.2, -0.15) is 0 Å². The fourth-order valence-electron chi connectivity index (χ4n) is 2.48. The van der Waals surface area contributed by atoms with Gasteiger partial charge in [0.1, 0.15) is 0 Å². The van der Waals surface area contributed by atoms with Crippen molar-refractivity contribution in [3.63, 3.8) is 0 Å². The van der Waals surface area contributed by atoms with Crippen molar-refractivity contribution in [2.75, 3.05) is 20.7 Å². The number of ether oxygens (including phenoxy) is 1. The highest BCUT2D eigenvalue weighted by molar-refractivity contribution is 5.67. The average Bonchev–Trinajstić information content (AvgIpc) is 2.30. The molecule has 17 heavy (non-hydrogen) atoms. The van der Waals surface area contributed by atoms with Crippen LogP contribution in [0.5, 0.6) is 0 Å². The molecule has 0 aromatic carbocycles. The summed E-state index contributed by atoms with van der Waals surface area (Å²) in [7, 11) is 3.11. The van der Waals surface area contributed by atoms with Crippen molar-refractivity contribution in [2.24, 2.45) is 11.8 Å². The number of carboxylic acid groups (broad SMARTS) is 1. The zero-order valence-corrected chi connectivity index (χ0v) is 10.5. The largest absolute Gasteiger partial charge is 0.481 e. The summed E-state index contributed by atoms with van der Waals surface area (Å²) in [6.45, 7) is 0.701. The van der Waals surface area contributed by atoms with E-state index in [0.29, 0.717) is 18.4 Å². The van der Waals surface area contributed by atoms with E-state index < -0.39 is 5.97 Å². The summed E-state index contributed by atoms with van der Waals surface area (Å²) >= 11 is 0. The van der Waals surface area contributed by atoms with Crippen LogP contribution in [0.2, 0.25) is 0 Å². The molecule has 0 spiro atoms. The summed E-state index contributed by atoms with van der Waals surface area (Å²) in [5.41, 5.74) is 0. The van der Waals surface area contributed by atoms with Crippen LogP contribution < -0.4 is 0 Å². The van der Waals surface area contributed by atoms with Gasteiger partial charge in [0.05, 0.1) is 7.11 Å². The predicted molar refractivity (Wildman–Crippen MR) is 62.7 cm³/mol. The zero-order chi connectivity index (χ0) is 12.8. The van der Waals surface area contributed by atoms with Gasteiger partial charge in [-0.3, -0.25) is 4.79 Å². The Morgan fingerprint density at radius 2 is 1.76 bits per heavy atom. The molecule has 0 heterocycles. The first-order valence-corrected chi connectivity index (χ1v) is 6.03. The van der Waals surface area contributed by atoms with Crippen molar-refractivity contribution in [2.45, 2.75) is 32.1 Å². The topological polar surface area (TPSA) is 66.8 Å². The van der Waals surface area contributed by atoms with E-state index in [1.165, 1.54) is 7.11 Å². The molecular weight excluding hydrogens is 222 g/mol. The normalized spacial score (nSPS) is 24.1. The highest BCUT2D eigenvalue weighted by Gasteiger charge is 2.24. The first-order valence-electron chi connectivity index (χ1n) is 6.03. The maximum Gasteiger partial charge on any atom is 0.409 e. The van der Waals surface area contributed by atoms with E-state index in [1.54, 1.807) is 11.9 Å². The van der Waals surface area contributed by atoms with Gasteiger partial charge in [-0.1, -0.05) is 0 Å². The van der Waals surface area contributed by atoms with Crippen LogP contribution in [-0.2, 0) is 9.53 Å². The number of aliphatic carboxylic acids is 1. The van der Waals surface area contributed by atoms with E-state index >= 15 is 0 Å². The Kier molecular flexibility index (Phi) is 5.25. The third-order valence-electron chi connectivity index (χ3n) is 3.45. The van der Waals surface area contributed by atoms with E-state index in [1.807, 2.05) is 0 Å². The van der Waals surface area contributed by atoms with Crippen LogP contribution in [-0.4, -0.2) is 42.8 Å². The minimum Gasteiger partial charge on any atom is -0.481 e. The van der Waals surface area contributed by atoms with Crippen LogP contribution >= 0.6 is 0 Å². The lowest BCUT2D eigenvalue weighted by Gasteiger charge is -2.30. The quantitative estimate of drug-likeness (QED) is 0.819. The van der Waals surface area contributed by atoms with E-state index in [2.05, 4.69) is 4.74 Å². The van der Waals surface area contributed by atoms with Gasteiger partial charge >= 0.3 is 12.1 Å². The molecular formula is C12H21NO4. The second-order valence-corrected chi connectivity index (χ2v) is 4.84. The molecule has 0 radical (unpaired) electrons. The molecule has 0 aliphatic heterocycles. The lowest BCUT2D eigenvalue weighted by Crippen LogP contribution is -2.33. The van der Waals surface area contributed by atoms with E-state index in [9.17, 15) is 9.59 Å². The number of carbonyl (C=O) groups excluding carboxylic acids is 1. The van der Waals surface area contributed by atoms with Crippen LogP contribution in [0.15, 0.2) is 0 Å². The lowest BCUT2D eigenvalue weighted by atomic mass is 9.80. The van der Waals surface area contributed by atoms with E-state index in [4.69, 9.17) is 5.11 Å². The molecule has 0 bridgehead atoms. The van der Waals surface area contributed by atoms with Gasteiger partial charge in [0.2, 0.25) is 0 Å². The van der Waals surface area contributed by atoms with Crippen LogP contribution in [0.3, 0.4) is 0 Å². The third kappa shape index (κ3) is 4.63. The smallest absolute Gasteiger partial charge is 0.409 e. The molecule has 1 saturated carbocycles.